The van der Waals surface area contributed by atoms with Crippen LogP contribution >= 0.6 is 0 Å². The van der Waals surface area contributed by atoms with Crippen molar-refractivity contribution in [3.63, 3.8) is 0 Å². The topological polar surface area (TPSA) is 88.1 Å². The number of halogens is 3. The highest BCUT2D eigenvalue weighted by Crippen LogP contribution is 2.30. The van der Waals surface area contributed by atoms with Gasteiger partial charge in [0.05, 0.1) is 34.5 Å². The molecule has 1 saturated carbocycles. The van der Waals surface area contributed by atoms with Crippen molar-refractivity contribution in [2.45, 2.75) is 56.2 Å². The Morgan fingerprint density at radius 2 is 1.54 bits per heavy atom. The van der Waals surface area contributed by atoms with Gasteiger partial charge in [-0.3, -0.25) is 0 Å². The summed E-state index contributed by atoms with van der Waals surface area (Å²) in [6.45, 7) is 1.79. The van der Waals surface area contributed by atoms with Gasteiger partial charge in [-0.2, -0.15) is 0 Å². The number of aryl methyl sites for hydroxylation is 1. The molecule has 0 atom stereocenters. The molecule has 4 aromatic rings. The molecule has 41 heavy (non-hydrogen) atoms. The van der Waals surface area contributed by atoms with Gasteiger partial charge in [0.1, 0.15) is 23.0 Å². The molecule has 1 aliphatic rings. The van der Waals surface area contributed by atoms with Crippen LogP contribution in [0.4, 0.5) is 19.1 Å². The Hall–Kier alpha value is -3.57. The molecule has 0 saturated heterocycles. The van der Waals surface area contributed by atoms with Gasteiger partial charge in [-0.15, -0.1) is 0 Å². The van der Waals surface area contributed by atoms with Crippen LogP contribution in [0.25, 0.3) is 22.3 Å². The van der Waals surface area contributed by atoms with Crippen molar-refractivity contribution in [1.29, 1.82) is 0 Å². The fourth-order valence-electron chi connectivity index (χ4n) is 5.39. The predicted octanol–water partition coefficient (Wildman–Crippen LogP) is 5.82. The van der Waals surface area contributed by atoms with Gasteiger partial charge in [0.15, 0.2) is 9.84 Å². The minimum atomic E-state index is -3.76. The highest BCUT2D eigenvalue weighted by molar-refractivity contribution is 7.89. The standard InChI is InChI=1S/C30H32F3N5O2S/c1-18-12-26(36-27-15-34-30(37-29(18)27)35-22-8-10-23(11-9-22)38(2)3)28-24(32)13-20(14-25(28)33)17-41(39,40)16-19-4-6-21(31)7-5-19/h4-7,12-15,22-23H,8-11,16-17H2,1-3H3,(H,34,35,37). The zero-order valence-electron chi connectivity index (χ0n) is 23.2. The Morgan fingerprint density at radius 3 is 2.17 bits per heavy atom. The Morgan fingerprint density at radius 1 is 0.902 bits per heavy atom. The number of hydrogen-bond donors (Lipinski definition) is 1. The average Bonchev–Trinajstić information content (AvgIpc) is 2.90. The van der Waals surface area contributed by atoms with Crippen molar-refractivity contribution in [2.75, 3.05) is 19.4 Å². The summed E-state index contributed by atoms with van der Waals surface area (Å²) in [6, 6.07) is 9.50. The Kier molecular flexibility index (Phi) is 8.28. The number of fused-ring (bicyclic) bond motifs is 1. The molecule has 0 radical (unpaired) electrons. The lowest BCUT2D eigenvalue weighted by atomic mass is 9.91. The summed E-state index contributed by atoms with van der Waals surface area (Å²) in [4.78, 5) is 15.7. The molecular formula is C30H32F3N5O2S. The van der Waals surface area contributed by atoms with Crippen LogP contribution in [0, 0.1) is 24.4 Å². The lowest BCUT2D eigenvalue weighted by Gasteiger charge is -2.32. The van der Waals surface area contributed by atoms with Crippen LogP contribution < -0.4 is 5.32 Å². The maximum atomic E-state index is 15.2. The molecule has 0 unspecified atom stereocenters. The first-order valence-corrected chi connectivity index (χ1v) is 15.3. The first kappa shape index (κ1) is 28.9. The summed E-state index contributed by atoms with van der Waals surface area (Å²) in [7, 11) is 0.437. The molecule has 0 amide bonds. The van der Waals surface area contributed by atoms with Crippen LogP contribution in [0.5, 0.6) is 0 Å². The van der Waals surface area contributed by atoms with E-state index in [1.807, 2.05) is 0 Å². The lowest BCUT2D eigenvalue weighted by Crippen LogP contribution is -2.36. The first-order chi connectivity index (χ1) is 19.5. The molecule has 5 rings (SSSR count). The molecule has 2 aromatic carbocycles. The summed E-state index contributed by atoms with van der Waals surface area (Å²) in [5.41, 5.74) is 1.73. The van der Waals surface area contributed by atoms with Gasteiger partial charge in [-0.05, 0) is 93.7 Å². The highest BCUT2D eigenvalue weighted by Gasteiger charge is 2.24. The monoisotopic (exact) mass is 583 g/mol. The summed E-state index contributed by atoms with van der Waals surface area (Å²) in [5, 5.41) is 3.41. The smallest absolute Gasteiger partial charge is 0.223 e. The van der Waals surface area contributed by atoms with Crippen molar-refractivity contribution in [3.05, 3.63) is 82.8 Å². The second-order valence-electron chi connectivity index (χ2n) is 11.0. The van der Waals surface area contributed by atoms with Gasteiger partial charge in [-0.25, -0.2) is 36.5 Å². The van der Waals surface area contributed by atoms with E-state index in [1.54, 1.807) is 19.2 Å². The third-order valence-electron chi connectivity index (χ3n) is 7.54. The molecule has 0 aliphatic heterocycles. The van der Waals surface area contributed by atoms with Gasteiger partial charge in [0.25, 0.3) is 0 Å². The van der Waals surface area contributed by atoms with Crippen LogP contribution in [0.3, 0.4) is 0 Å². The largest absolute Gasteiger partial charge is 0.351 e. The number of sulfone groups is 1. The van der Waals surface area contributed by atoms with Gasteiger partial charge in [-0.1, -0.05) is 12.1 Å². The molecule has 1 aliphatic carbocycles. The van der Waals surface area contributed by atoms with Crippen molar-refractivity contribution in [1.82, 2.24) is 19.9 Å². The highest BCUT2D eigenvalue weighted by atomic mass is 32.2. The molecule has 0 bridgehead atoms. The van der Waals surface area contributed by atoms with Crippen molar-refractivity contribution in [3.8, 4) is 11.3 Å². The molecule has 2 aromatic heterocycles. The van der Waals surface area contributed by atoms with Crippen molar-refractivity contribution < 1.29 is 21.6 Å². The number of nitrogens with one attached hydrogen (secondary N) is 1. The first-order valence-electron chi connectivity index (χ1n) is 13.5. The zero-order valence-corrected chi connectivity index (χ0v) is 24.0. The second-order valence-corrected chi connectivity index (χ2v) is 13.0. The van der Waals surface area contributed by atoms with E-state index in [2.05, 4.69) is 39.3 Å². The quantitative estimate of drug-likeness (QED) is 0.280. The van der Waals surface area contributed by atoms with E-state index in [1.165, 1.54) is 12.1 Å². The number of benzene rings is 2. The number of rotatable bonds is 8. The number of pyridine rings is 1. The summed E-state index contributed by atoms with van der Waals surface area (Å²) >= 11 is 0. The third-order valence-corrected chi connectivity index (χ3v) is 9.09. The molecule has 216 valence electrons. The molecule has 1 fully saturated rings. The van der Waals surface area contributed by atoms with Crippen molar-refractivity contribution >= 4 is 26.8 Å². The number of nitrogens with zero attached hydrogens (tertiary/aromatic N) is 4. The minimum absolute atomic E-state index is 0.0259. The van der Waals surface area contributed by atoms with Crippen LogP contribution in [-0.2, 0) is 21.3 Å². The summed E-state index contributed by atoms with van der Waals surface area (Å²) in [6.07, 6.45) is 5.76. The van der Waals surface area contributed by atoms with Crippen LogP contribution in [0.15, 0.2) is 48.7 Å². The fourth-order valence-corrected chi connectivity index (χ4v) is 6.87. The summed E-state index contributed by atoms with van der Waals surface area (Å²) in [5.74, 6) is -2.77. The van der Waals surface area contributed by atoms with E-state index in [0.717, 1.165) is 49.9 Å². The average molecular weight is 584 g/mol. The zero-order chi connectivity index (χ0) is 29.3. The van der Waals surface area contributed by atoms with E-state index in [-0.39, 0.29) is 28.6 Å². The second kappa shape index (κ2) is 11.7. The number of aromatic nitrogens is 3. The Bertz CT molecular complexity index is 1650. The maximum Gasteiger partial charge on any atom is 0.223 e. The van der Waals surface area contributed by atoms with E-state index < -0.39 is 33.0 Å². The lowest BCUT2D eigenvalue weighted by molar-refractivity contribution is 0.221. The van der Waals surface area contributed by atoms with Gasteiger partial charge >= 0.3 is 0 Å². The van der Waals surface area contributed by atoms with Crippen LogP contribution in [0.1, 0.15) is 42.4 Å². The number of anilines is 1. The Balaban J connectivity index is 1.34. The summed E-state index contributed by atoms with van der Waals surface area (Å²) < 4.78 is 68.9. The molecule has 2 heterocycles. The number of hydrogen-bond acceptors (Lipinski definition) is 7. The van der Waals surface area contributed by atoms with Gasteiger partial charge in [0.2, 0.25) is 5.95 Å². The van der Waals surface area contributed by atoms with E-state index >= 15 is 8.78 Å². The predicted molar refractivity (Wildman–Crippen MR) is 154 cm³/mol. The SMILES string of the molecule is Cc1cc(-c2c(F)cc(CS(=O)(=O)Cc3ccc(F)cc3)cc2F)nc2cnc(NC3CCC(N(C)C)CC3)nc12. The molecule has 11 heteroatoms. The molecule has 1 N–H and O–H groups in total. The van der Waals surface area contributed by atoms with Gasteiger partial charge < -0.3 is 10.2 Å². The fraction of sp³-hybridized carbons (Fsp3) is 0.367. The van der Waals surface area contributed by atoms with Crippen LogP contribution in [-0.4, -0.2) is 54.4 Å². The normalized spacial score (nSPS) is 17.7. The maximum absolute atomic E-state index is 15.2. The molecule has 7 nitrogen and oxygen atoms in total. The third kappa shape index (κ3) is 6.84. The van der Waals surface area contributed by atoms with Gasteiger partial charge in [0, 0.05) is 12.1 Å². The van der Waals surface area contributed by atoms with Crippen molar-refractivity contribution in [2.24, 2.45) is 0 Å². The molecule has 0 spiro atoms. The van der Waals surface area contributed by atoms with E-state index in [0.29, 0.717) is 34.2 Å². The Labute approximate surface area is 237 Å². The minimum Gasteiger partial charge on any atom is -0.351 e. The molecular weight excluding hydrogens is 551 g/mol. The van der Waals surface area contributed by atoms with E-state index in [4.69, 9.17) is 0 Å². The van der Waals surface area contributed by atoms with E-state index in [9.17, 15) is 12.8 Å². The van der Waals surface area contributed by atoms with Crippen LogP contribution in [0.2, 0.25) is 0 Å².